The second-order valence-electron chi connectivity index (χ2n) is 7.79. The molecule has 0 bridgehead atoms. The van der Waals surface area contributed by atoms with Crippen LogP contribution in [0.4, 0.5) is 0 Å². The summed E-state index contributed by atoms with van der Waals surface area (Å²) in [4.78, 5) is 9.05. The van der Waals surface area contributed by atoms with E-state index >= 15 is 0 Å². The molecule has 0 amide bonds. The fourth-order valence-electron chi connectivity index (χ4n) is 3.49. The van der Waals surface area contributed by atoms with Gasteiger partial charge in [0.05, 0.1) is 26.4 Å². The highest BCUT2D eigenvalue weighted by Gasteiger charge is 2.05. The molecule has 4 aromatic heterocycles. The van der Waals surface area contributed by atoms with Crippen molar-refractivity contribution in [1.29, 1.82) is 0 Å². The van der Waals surface area contributed by atoms with E-state index in [9.17, 15) is 0 Å². The molecule has 0 fully saturated rings. The molecule has 0 spiro atoms. The van der Waals surface area contributed by atoms with Crippen molar-refractivity contribution in [3.63, 3.8) is 0 Å². The van der Waals surface area contributed by atoms with Crippen LogP contribution in [0.15, 0.2) is 61.2 Å². The molecule has 4 aromatic rings. The Bertz CT molecular complexity index is 1250. The van der Waals surface area contributed by atoms with Crippen molar-refractivity contribution in [3.8, 4) is 11.6 Å². The lowest BCUT2D eigenvalue weighted by Gasteiger charge is -2.08. The lowest BCUT2D eigenvalue weighted by molar-refractivity contribution is 0.0418. The van der Waals surface area contributed by atoms with E-state index in [1.165, 1.54) is 0 Å². The lowest BCUT2D eigenvalue weighted by Crippen LogP contribution is -2.12. The molecule has 0 unspecified atom stereocenters. The molecule has 0 aliphatic carbocycles. The first-order chi connectivity index (χ1) is 16.5. The minimum absolute atomic E-state index is 0.521. The van der Waals surface area contributed by atoms with Gasteiger partial charge in [-0.05, 0) is 62.5 Å². The topological polar surface area (TPSA) is 64.0 Å². The van der Waals surface area contributed by atoms with Gasteiger partial charge in [0, 0.05) is 49.3 Å². The van der Waals surface area contributed by atoms with E-state index < -0.39 is 0 Å². The van der Waals surface area contributed by atoms with Gasteiger partial charge in [-0.15, -0.1) is 0 Å². The zero-order valence-electron chi connectivity index (χ0n) is 19.3. The maximum absolute atomic E-state index is 5.72. The highest BCUT2D eigenvalue weighted by atomic mass is 32.1. The van der Waals surface area contributed by atoms with Gasteiger partial charge in [-0.25, -0.2) is 9.97 Å². The number of rotatable bonds is 11. The number of hydrogen-bond donors (Lipinski definition) is 0. The van der Waals surface area contributed by atoms with E-state index in [-0.39, 0.29) is 0 Å². The molecule has 8 nitrogen and oxygen atoms in total. The van der Waals surface area contributed by atoms with Crippen LogP contribution in [0.2, 0.25) is 0 Å². The van der Waals surface area contributed by atoms with Crippen LogP contribution >= 0.6 is 24.4 Å². The Kier molecular flexibility index (Phi) is 8.17. The number of ether oxygens (including phenoxy) is 2. The van der Waals surface area contributed by atoms with Gasteiger partial charge in [0.2, 0.25) is 0 Å². The molecule has 0 aromatic carbocycles. The van der Waals surface area contributed by atoms with Crippen LogP contribution in [0.5, 0.6) is 0 Å². The van der Waals surface area contributed by atoms with Gasteiger partial charge in [0.15, 0.2) is 9.54 Å². The number of aromatic nitrogens is 6. The average Bonchev–Trinajstić information content (AvgIpc) is 3.38. The molecule has 10 heteroatoms. The maximum atomic E-state index is 5.72. The Morgan fingerprint density at radius 2 is 1.09 bits per heavy atom. The third-order valence-corrected chi connectivity index (χ3v) is 6.12. The van der Waals surface area contributed by atoms with E-state index in [0.29, 0.717) is 49.1 Å². The van der Waals surface area contributed by atoms with E-state index in [4.69, 9.17) is 33.9 Å². The minimum atomic E-state index is 0.521. The molecular weight excluding hydrogens is 468 g/mol. The van der Waals surface area contributed by atoms with Crippen molar-refractivity contribution in [2.24, 2.45) is 0 Å². The Balaban J connectivity index is 1.16. The average molecular weight is 497 g/mol. The molecule has 0 aliphatic rings. The Hall–Kier alpha value is -2.92. The van der Waals surface area contributed by atoms with Crippen molar-refractivity contribution >= 4 is 24.4 Å². The minimum Gasteiger partial charge on any atom is -0.377 e. The summed E-state index contributed by atoms with van der Waals surface area (Å²) < 4.78 is 20.6. The molecule has 0 N–H and O–H groups in total. The van der Waals surface area contributed by atoms with Gasteiger partial charge in [0.1, 0.15) is 11.6 Å². The van der Waals surface area contributed by atoms with Crippen molar-refractivity contribution in [1.82, 2.24) is 28.2 Å². The SMILES string of the molecule is Cc1cccc(-n2ccn(CCOCCOCCn3ccn(-c4cccc(C)n4)c3=S)c2=S)n1. The third-order valence-electron chi connectivity index (χ3n) is 5.26. The van der Waals surface area contributed by atoms with Crippen LogP contribution in [0.25, 0.3) is 11.6 Å². The van der Waals surface area contributed by atoms with Crippen LogP contribution in [0, 0.1) is 23.4 Å². The fraction of sp³-hybridized carbons (Fsp3) is 0.333. The molecule has 0 aliphatic heterocycles. The first-order valence-corrected chi connectivity index (χ1v) is 11.9. The van der Waals surface area contributed by atoms with Crippen molar-refractivity contribution < 1.29 is 9.47 Å². The second-order valence-corrected chi connectivity index (χ2v) is 8.52. The molecule has 0 atom stereocenters. The van der Waals surface area contributed by atoms with Gasteiger partial charge in [-0.2, -0.15) is 0 Å². The van der Waals surface area contributed by atoms with Crippen LogP contribution in [-0.2, 0) is 22.6 Å². The fourth-order valence-corrected chi connectivity index (χ4v) is 4.10. The summed E-state index contributed by atoms with van der Waals surface area (Å²) in [5.41, 5.74) is 1.91. The molecular formula is C24H28N6O2S2. The standard InChI is InChI=1S/C24H28N6O2S2/c1-19-5-3-7-21(25-19)29-11-9-27(23(29)33)13-15-31-17-18-32-16-14-28-10-12-30(24(28)34)22-8-4-6-20(2)26-22/h3-12H,13-18H2,1-2H3. The largest absolute Gasteiger partial charge is 0.377 e. The van der Waals surface area contributed by atoms with E-state index in [1.807, 2.05) is 93.3 Å². The van der Waals surface area contributed by atoms with Crippen LogP contribution in [0.3, 0.4) is 0 Å². The second kappa shape index (κ2) is 11.5. The molecule has 0 saturated heterocycles. The summed E-state index contributed by atoms with van der Waals surface area (Å²) in [6.45, 7) is 7.43. The van der Waals surface area contributed by atoms with E-state index in [0.717, 1.165) is 23.0 Å². The molecule has 178 valence electrons. The highest BCUT2D eigenvalue weighted by Crippen LogP contribution is 2.09. The summed E-state index contributed by atoms with van der Waals surface area (Å²) >= 11 is 11.1. The first kappa shape index (κ1) is 24.2. The van der Waals surface area contributed by atoms with Gasteiger partial charge in [0.25, 0.3) is 0 Å². The first-order valence-electron chi connectivity index (χ1n) is 11.1. The Labute approximate surface area is 209 Å². The monoisotopic (exact) mass is 496 g/mol. The summed E-state index contributed by atoms with van der Waals surface area (Å²) in [5, 5.41) is 0. The maximum Gasteiger partial charge on any atom is 0.185 e. The zero-order chi connectivity index (χ0) is 23.9. The zero-order valence-corrected chi connectivity index (χ0v) is 21.0. The molecule has 4 rings (SSSR count). The number of pyridine rings is 2. The van der Waals surface area contributed by atoms with Crippen molar-refractivity contribution in [3.05, 3.63) is 82.1 Å². The summed E-state index contributed by atoms with van der Waals surface area (Å²) in [5.74, 6) is 1.65. The predicted octanol–water partition coefficient (Wildman–Crippen LogP) is 4.47. The van der Waals surface area contributed by atoms with Crippen LogP contribution in [0.1, 0.15) is 11.4 Å². The van der Waals surface area contributed by atoms with E-state index in [2.05, 4.69) is 9.97 Å². The molecule has 0 saturated carbocycles. The summed E-state index contributed by atoms with van der Waals surface area (Å²) in [6, 6.07) is 11.8. The number of aryl methyl sites for hydroxylation is 2. The van der Waals surface area contributed by atoms with Crippen molar-refractivity contribution in [2.45, 2.75) is 26.9 Å². The Morgan fingerprint density at radius 3 is 1.50 bits per heavy atom. The number of hydrogen-bond acceptors (Lipinski definition) is 6. The van der Waals surface area contributed by atoms with Gasteiger partial charge in [-0.1, -0.05) is 12.1 Å². The number of imidazole rings is 2. The lowest BCUT2D eigenvalue weighted by atomic mass is 10.4. The number of nitrogens with zero attached hydrogens (tertiary/aromatic N) is 6. The van der Waals surface area contributed by atoms with Gasteiger partial charge in [-0.3, -0.25) is 9.13 Å². The highest BCUT2D eigenvalue weighted by molar-refractivity contribution is 7.71. The van der Waals surface area contributed by atoms with Crippen LogP contribution in [-0.4, -0.2) is 54.7 Å². The molecule has 34 heavy (non-hydrogen) atoms. The Morgan fingerprint density at radius 1 is 0.647 bits per heavy atom. The van der Waals surface area contributed by atoms with Gasteiger partial charge < -0.3 is 18.6 Å². The van der Waals surface area contributed by atoms with Crippen molar-refractivity contribution in [2.75, 3.05) is 26.4 Å². The summed E-state index contributed by atoms with van der Waals surface area (Å²) in [7, 11) is 0. The van der Waals surface area contributed by atoms with Crippen LogP contribution < -0.4 is 0 Å². The summed E-state index contributed by atoms with van der Waals surface area (Å²) in [6.07, 6.45) is 7.77. The third kappa shape index (κ3) is 5.95. The normalized spacial score (nSPS) is 11.2. The quantitative estimate of drug-likeness (QED) is 0.226. The smallest absolute Gasteiger partial charge is 0.185 e. The molecule has 0 radical (unpaired) electrons. The van der Waals surface area contributed by atoms with E-state index in [1.54, 1.807) is 0 Å². The van der Waals surface area contributed by atoms with Gasteiger partial charge >= 0.3 is 0 Å². The molecule has 4 heterocycles. The predicted molar refractivity (Wildman–Crippen MR) is 136 cm³/mol.